The number of hydrogen-bond acceptors (Lipinski definition) is 9. The SMILES string of the molecule is O=CC(N1CCN(c2ncccc2-c2cnc(N3CCOCC3)nc2)CC1)n1ccc2cccnc21. The lowest BCUT2D eigenvalue weighted by Crippen LogP contribution is -2.49. The molecule has 2 fully saturated rings. The zero-order chi connectivity index (χ0) is 24.3. The van der Waals surface area contributed by atoms with Crippen LogP contribution in [-0.2, 0) is 9.53 Å². The molecule has 2 aliphatic rings. The number of pyridine rings is 2. The van der Waals surface area contributed by atoms with Gasteiger partial charge in [0.25, 0.3) is 0 Å². The molecular weight excluding hydrogens is 456 g/mol. The molecule has 6 heterocycles. The summed E-state index contributed by atoms with van der Waals surface area (Å²) in [6.07, 6.45) is 9.90. The average Bonchev–Trinajstić information content (AvgIpc) is 3.38. The van der Waals surface area contributed by atoms with Crippen molar-refractivity contribution in [3.05, 3.63) is 61.3 Å². The summed E-state index contributed by atoms with van der Waals surface area (Å²) in [4.78, 5) is 37.2. The molecule has 0 aliphatic carbocycles. The smallest absolute Gasteiger partial charge is 0.225 e. The lowest BCUT2D eigenvalue weighted by Gasteiger charge is -2.38. The Kier molecular flexibility index (Phi) is 6.27. The summed E-state index contributed by atoms with van der Waals surface area (Å²) < 4.78 is 7.38. The molecule has 4 aromatic heterocycles. The number of hydrogen-bond donors (Lipinski definition) is 0. The fraction of sp³-hybridized carbons (Fsp3) is 0.346. The van der Waals surface area contributed by atoms with E-state index < -0.39 is 0 Å². The molecule has 6 rings (SSSR count). The third-order valence-electron chi connectivity index (χ3n) is 6.90. The second kappa shape index (κ2) is 10.00. The molecule has 10 heteroatoms. The molecule has 0 bridgehead atoms. The molecule has 0 N–H and O–H groups in total. The van der Waals surface area contributed by atoms with Gasteiger partial charge in [-0.2, -0.15) is 0 Å². The van der Waals surface area contributed by atoms with Gasteiger partial charge in [-0.25, -0.2) is 19.9 Å². The number of morpholine rings is 1. The number of rotatable bonds is 6. The second-order valence-electron chi connectivity index (χ2n) is 8.96. The molecule has 36 heavy (non-hydrogen) atoms. The first-order chi connectivity index (χ1) is 17.8. The van der Waals surface area contributed by atoms with E-state index in [0.29, 0.717) is 13.2 Å². The van der Waals surface area contributed by atoms with Crippen molar-refractivity contribution in [3.8, 4) is 11.1 Å². The molecule has 1 unspecified atom stereocenters. The summed E-state index contributed by atoms with van der Waals surface area (Å²) in [5, 5.41) is 1.03. The highest BCUT2D eigenvalue weighted by atomic mass is 16.5. The van der Waals surface area contributed by atoms with Crippen molar-refractivity contribution in [1.29, 1.82) is 0 Å². The summed E-state index contributed by atoms with van der Waals surface area (Å²) in [6, 6.07) is 9.93. The first-order valence-electron chi connectivity index (χ1n) is 12.3. The van der Waals surface area contributed by atoms with E-state index >= 15 is 0 Å². The lowest BCUT2D eigenvalue weighted by atomic mass is 10.1. The van der Waals surface area contributed by atoms with E-state index in [-0.39, 0.29) is 6.17 Å². The first kappa shape index (κ1) is 22.6. The molecule has 0 amide bonds. The van der Waals surface area contributed by atoms with Crippen molar-refractivity contribution in [3.63, 3.8) is 0 Å². The van der Waals surface area contributed by atoms with Crippen molar-refractivity contribution in [2.45, 2.75) is 6.17 Å². The number of piperazine rings is 1. The van der Waals surface area contributed by atoms with Gasteiger partial charge in [-0.15, -0.1) is 0 Å². The molecule has 2 aliphatic heterocycles. The first-order valence-corrected chi connectivity index (χ1v) is 12.3. The van der Waals surface area contributed by atoms with Crippen LogP contribution in [0.4, 0.5) is 11.8 Å². The van der Waals surface area contributed by atoms with Gasteiger partial charge < -0.3 is 19.1 Å². The fourth-order valence-electron chi connectivity index (χ4n) is 4.99. The quantitative estimate of drug-likeness (QED) is 0.382. The van der Waals surface area contributed by atoms with Crippen LogP contribution in [0.25, 0.3) is 22.2 Å². The maximum absolute atomic E-state index is 12.1. The number of aldehydes is 1. The number of ether oxygens (including phenoxy) is 1. The van der Waals surface area contributed by atoms with Crippen LogP contribution < -0.4 is 9.80 Å². The minimum atomic E-state index is -0.385. The number of carbonyl (C=O) groups excluding carboxylic acids is 1. The van der Waals surface area contributed by atoms with Gasteiger partial charge in [0, 0.05) is 86.8 Å². The Morgan fingerprint density at radius 3 is 2.36 bits per heavy atom. The number of aromatic nitrogens is 5. The number of carbonyl (C=O) groups is 1. The van der Waals surface area contributed by atoms with Crippen molar-refractivity contribution in [1.82, 2.24) is 29.4 Å². The van der Waals surface area contributed by atoms with Crippen molar-refractivity contribution in [2.24, 2.45) is 0 Å². The Hall–Kier alpha value is -3.89. The summed E-state index contributed by atoms with van der Waals surface area (Å²) in [5.41, 5.74) is 2.77. The fourth-order valence-corrected chi connectivity index (χ4v) is 4.99. The van der Waals surface area contributed by atoms with Gasteiger partial charge in [-0.3, -0.25) is 9.69 Å². The van der Waals surface area contributed by atoms with Crippen LogP contribution in [0.1, 0.15) is 6.17 Å². The largest absolute Gasteiger partial charge is 0.378 e. The van der Waals surface area contributed by atoms with Gasteiger partial charge >= 0.3 is 0 Å². The Morgan fingerprint density at radius 2 is 1.58 bits per heavy atom. The van der Waals surface area contributed by atoms with Crippen molar-refractivity contribution in [2.75, 3.05) is 62.3 Å². The van der Waals surface area contributed by atoms with E-state index in [9.17, 15) is 4.79 Å². The van der Waals surface area contributed by atoms with E-state index in [1.165, 1.54) is 0 Å². The maximum Gasteiger partial charge on any atom is 0.225 e. The number of anilines is 2. The van der Waals surface area contributed by atoms with E-state index in [1.54, 1.807) is 6.20 Å². The standard InChI is InChI=1S/C26H28N8O2/c35-19-23(34-8-5-20-3-1-6-27-24(20)34)31-9-11-32(12-10-31)25-22(4-2-7-28-25)21-17-29-26(30-18-21)33-13-15-36-16-14-33/h1-8,17-19,23H,9-16H2. The monoisotopic (exact) mass is 484 g/mol. The van der Waals surface area contributed by atoms with E-state index in [2.05, 4.69) is 35.7 Å². The van der Waals surface area contributed by atoms with Crippen LogP contribution in [0.3, 0.4) is 0 Å². The molecular formula is C26H28N8O2. The van der Waals surface area contributed by atoms with Crippen LogP contribution in [-0.4, -0.2) is 88.2 Å². The van der Waals surface area contributed by atoms with Gasteiger partial charge in [0.1, 0.15) is 17.6 Å². The second-order valence-corrected chi connectivity index (χ2v) is 8.96. The van der Waals surface area contributed by atoms with Crippen LogP contribution >= 0.6 is 0 Å². The van der Waals surface area contributed by atoms with E-state index in [0.717, 1.165) is 79.5 Å². The minimum absolute atomic E-state index is 0.385. The Morgan fingerprint density at radius 1 is 0.833 bits per heavy atom. The van der Waals surface area contributed by atoms with Crippen molar-refractivity contribution < 1.29 is 9.53 Å². The molecule has 1 atom stereocenters. The molecule has 2 saturated heterocycles. The Balaban J connectivity index is 1.18. The van der Waals surface area contributed by atoms with Crippen molar-refractivity contribution >= 4 is 29.1 Å². The number of nitrogens with zero attached hydrogens (tertiary/aromatic N) is 8. The molecule has 0 saturated carbocycles. The zero-order valence-electron chi connectivity index (χ0n) is 20.0. The normalized spacial score (nSPS) is 17.9. The average molecular weight is 485 g/mol. The molecule has 0 radical (unpaired) electrons. The molecule has 10 nitrogen and oxygen atoms in total. The highest BCUT2D eigenvalue weighted by Gasteiger charge is 2.27. The van der Waals surface area contributed by atoms with Gasteiger partial charge in [0.2, 0.25) is 5.95 Å². The van der Waals surface area contributed by atoms with Gasteiger partial charge in [0.05, 0.1) is 13.2 Å². The predicted octanol–water partition coefficient (Wildman–Crippen LogP) is 2.24. The summed E-state index contributed by atoms with van der Waals surface area (Å²) in [5.74, 6) is 1.64. The third-order valence-corrected chi connectivity index (χ3v) is 6.90. The Labute approximate surface area is 209 Å². The van der Waals surface area contributed by atoms with E-state index in [4.69, 9.17) is 9.72 Å². The lowest BCUT2D eigenvalue weighted by molar-refractivity contribution is -0.115. The highest BCUT2D eigenvalue weighted by molar-refractivity contribution is 5.77. The van der Waals surface area contributed by atoms with E-state index in [1.807, 2.05) is 53.6 Å². The third kappa shape index (κ3) is 4.29. The van der Waals surface area contributed by atoms with Crippen LogP contribution in [0.2, 0.25) is 0 Å². The Bertz CT molecular complexity index is 1330. The van der Waals surface area contributed by atoms with Gasteiger partial charge in [-0.05, 0) is 30.3 Å². The highest BCUT2D eigenvalue weighted by Crippen LogP contribution is 2.30. The van der Waals surface area contributed by atoms with Crippen LogP contribution in [0.5, 0.6) is 0 Å². The summed E-state index contributed by atoms with van der Waals surface area (Å²) >= 11 is 0. The van der Waals surface area contributed by atoms with Crippen LogP contribution in [0.15, 0.2) is 61.3 Å². The topological polar surface area (TPSA) is 92.5 Å². The molecule has 4 aromatic rings. The number of fused-ring (bicyclic) bond motifs is 1. The molecule has 184 valence electrons. The molecule has 0 spiro atoms. The molecule has 0 aromatic carbocycles. The minimum Gasteiger partial charge on any atom is -0.378 e. The summed E-state index contributed by atoms with van der Waals surface area (Å²) in [6.45, 7) is 5.99. The zero-order valence-corrected chi connectivity index (χ0v) is 20.0. The van der Waals surface area contributed by atoms with Gasteiger partial charge in [0.15, 0.2) is 6.29 Å². The summed E-state index contributed by atoms with van der Waals surface area (Å²) in [7, 11) is 0. The predicted molar refractivity (Wildman–Crippen MR) is 137 cm³/mol. The maximum atomic E-state index is 12.1. The van der Waals surface area contributed by atoms with Gasteiger partial charge in [-0.1, -0.05) is 0 Å². The van der Waals surface area contributed by atoms with Crippen LogP contribution in [0, 0.1) is 0 Å².